The highest BCUT2D eigenvalue weighted by Gasteiger charge is 2.27. The minimum absolute atomic E-state index is 0.0441. The van der Waals surface area contributed by atoms with Gasteiger partial charge in [-0.1, -0.05) is 27.5 Å². The molecule has 0 aliphatic carbocycles. The summed E-state index contributed by atoms with van der Waals surface area (Å²) in [5.74, 6) is -0.393. The number of thiophene rings is 1. The number of fused-ring (bicyclic) bond motifs is 1. The van der Waals surface area contributed by atoms with Crippen molar-refractivity contribution in [1.82, 2.24) is 4.90 Å². The molecule has 2 heterocycles. The van der Waals surface area contributed by atoms with Crippen LogP contribution in [-0.4, -0.2) is 42.4 Å². The summed E-state index contributed by atoms with van der Waals surface area (Å²) < 4.78 is 5.97. The minimum Gasteiger partial charge on any atom is -0.506 e. The Morgan fingerprint density at radius 1 is 1.54 bits per heavy atom. The molecule has 8 heteroatoms. The van der Waals surface area contributed by atoms with Crippen LogP contribution in [0.1, 0.15) is 33.3 Å². The highest BCUT2D eigenvalue weighted by atomic mass is 79.9. The number of aromatic hydroxyl groups is 1. The second-order valence-corrected chi connectivity index (χ2v) is 8.38. The van der Waals surface area contributed by atoms with Gasteiger partial charge >= 0.3 is 5.97 Å². The monoisotopic (exact) mass is 456 g/mol. The third-order valence-corrected chi connectivity index (χ3v) is 5.96. The molecule has 1 aliphatic heterocycles. The SMILES string of the molecule is CCOC(=O)c1c(N=Cc2cc(Br)cc(Cl)c2O)sc2c1CCN(C)C2. The topological polar surface area (TPSA) is 62.1 Å². The lowest BCUT2D eigenvalue weighted by atomic mass is 10.0. The Balaban J connectivity index is 2.03. The molecular formula is C18H18BrClN2O3S. The van der Waals surface area contributed by atoms with Gasteiger partial charge in [-0.25, -0.2) is 9.79 Å². The predicted molar refractivity (Wildman–Crippen MR) is 108 cm³/mol. The van der Waals surface area contributed by atoms with Gasteiger partial charge in [0.05, 0.1) is 17.2 Å². The van der Waals surface area contributed by atoms with E-state index in [9.17, 15) is 9.90 Å². The number of esters is 1. The van der Waals surface area contributed by atoms with Crippen molar-refractivity contribution in [1.29, 1.82) is 0 Å². The van der Waals surface area contributed by atoms with Gasteiger partial charge in [-0.2, -0.15) is 0 Å². The molecule has 0 radical (unpaired) electrons. The number of aliphatic imine (C=N–C) groups is 1. The molecule has 0 bridgehead atoms. The van der Waals surface area contributed by atoms with Crippen LogP contribution in [0.5, 0.6) is 5.75 Å². The molecule has 5 nitrogen and oxygen atoms in total. The third kappa shape index (κ3) is 3.96. The molecule has 0 fully saturated rings. The summed E-state index contributed by atoms with van der Waals surface area (Å²) in [4.78, 5) is 20.3. The summed E-state index contributed by atoms with van der Waals surface area (Å²) in [6, 6.07) is 3.33. The highest BCUT2D eigenvalue weighted by Crippen LogP contribution is 2.39. The van der Waals surface area contributed by atoms with Gasteiger partial charge in [0.1, 0.15) is 10.8 Å². The molecule has 1 aromatic heterocycles. The van der Waals surface area contributed by atoms with Gasteiger partial charge in [0.25, 0.3) is 0 Å². The molecule has 0 saturated heterocycles. The summed E-state index contributed by atoms with van der Waals surface area (Å²) in [7, 11) is 2.05. The fourth-order valence-electron chi connectivity index (χ4n) is 2.83. The Morgan fingerprint density at radius 2 is 2.31 bits per heavy atom. The maximum Gasteiger partial charge on any atom is 0.341 e. The van der Waals surface area contributed by atoms with E-state index in [1.807, 2.05) is 0 Å². The van der Waals surface area contributed by atoms with Crippen molar-refractivity contribution in [2.75, 3.05) is 20.2 Å². The van der Waals surface area contributed by atoms with E-state index >= 15 is 0 Å². The van der Waals surface area contributed by atoms with E-state index in [-0.39, 0.29) is 16.7 Å². The normalized spacial score (nSPS) is 14.6. The highest BCUT2D eigenvalue weighted by molar-refractivity contribution is 9.10. The number of halogens is 2. The van der Waals surface area contributed by atoms with E-state index in [4.69, 9.17) is 16.3 Å². The van der Waals surface area contributed by atoms with Crippen LogP contribution in [0, 0.1) is 0 Å². The zero-order chi connectivity index (χ0) is 18.8. The van der Waals surface area contributed by atoms with E-state index in [2.05, 4.69) is 32.9 Å². The summed E-state index contributed by atoms with van der Waals surface area (Å²) in [6.45, 7) is 3.78. The Hall–Kier alpha value is -1.41. The van der Waals surface area contributed by atoms with Crippen LogP contribution in [0.3, 0.4) is 0 Å². The molecule has 1 aliphatic rings. The number of carbonyl (C=O) groups excluding carboxylic acids is 1. The summed E-state index contributed by atoms with van der Waals surface area (Å²) in [5.41, 5.74) is 2.04. The van der Waals surface area contributed by atoms with Gasteiger partial charge in [0.2, 0.25) is 0 Å². The number of likely N-dealkylation sites (N-methyl/N-ethyl adjacent to an activating group) is 1. The second kappa shape index (κ2) is 8.08. The molecule has 26 heavy (non-hydrogen) atoms. The van der Waals surface area contributed by atoms with E-state index in [1.54, 1.807) is 19.1 Å². The Kier molecular flexibility index (Phi) is 6.02. The second-order valence-electron chi connectivity index (χ2n) is 5.98. The summed E-state index contributed by atoms with van der Waals surface area (Å²) in [5, 5.41) is 11.0. The maximum absolute atomic E-state index is 12.5. The van der Waals surface area contributed by atoms with Gasteiger partial charge in [-0.3, -0.25) is 0 Å². The molecule has 1 aromatic carbocycles. The van der Waals surface area contributed by atoms with Gasteiger partial charge in [-0.15, -0.1) is 11.3 Å². The van der Waals surface area contributed by atoms with Crippen LogP contribution >= 0.6 is 38.9 Å². The van der Waals surface area contributed by atoms with Crippen LogP contribution in [-0.2, 0) is 17.7 Å². The van der Waals surface area contributed by atoms with E-state index < -0.39 is 0 Å². The zero-order valence-corrected chi connectivity index (χ0v) is 17.5. The van der Waals surface area contributed by atoms with Gasteiger partial charge in [-0.05, 0) is 38.1 Å². The molecule has 1 N–H and O–H groups in total. The van der Waals surface area contributed by atoms with Crippen LogP contribution in [0.15, 0.2) is 21.6 Å². The lowest BCUT2D eigenvalue weighted by Gasteiger charge is -2.22. The molecule has 3 rings (SSSR count). The third-order valence-electron chi connectivity index (χ3n) is 4.09. The zero-order valence-electron chi connectivity index (χ0n) is 14.4. The van der Waals surface area contributed by atoms with Crippen LogP contribution < -0.4 is 0 Å². The number of phenols is 1. The van der Waals surface area contributed by atoms with Crippen molar-refractivity contribution in [3.05, 3.63) is 43.2 Å². The first-order valence-corrected chi connectivity index (χ1v) is 10.1. The van der Waals surface area contributed by atoms with E-state index in [0.717, 1.165) is 34.4 Å². The van der Waals surface area contributed by atoms with Crippen LogP contribution in [0.4, 0.5) is 5.00 Å². The number of ether oxygens (including phenoxy) is 1. The largest absolute Gasteiger partial charge is 0.506 e. The smallest absolute Gasteiger partial charge is 0.341 e. The molecule has 0 unspecified atom stereocenters. The lowest BCUT2D eigenvalue weighted by Crippen LogP contribution is -2.26. The molecule has 0 amide bonds. The number of phenolic OH excluding ortho intramolecular Hbond substituents is 1. The average molecular weight is 458 g/mol. The van der Waals surface area contributed by atoms with E-state index in [1.165, 1.54) is 17.6 Å². The number of nitrogens with zero attached hydrogens (tertiary/aromatic N) is 2. The van der Waals surface area contributed by atoms with Crippen molar-refractivity contribution in [2.24, 2.45) is 4.99 Å². The quantitative estimate of drug-likeness (QED) is 0.530. The number of rotatable bonds is 4. The first kappa shape index (κ1) is 19.4. The molecule has 0 atom stereocenters. The van der Waals surface area contributed by atoms with Crippen molar-refractivity contribution in [2.45, 2.75) is 19.9 Å². The lowest BCUT2D eigenvalue weighted by molar-refractivity contribution is 0.0526. The number of hydrogen-bond donors (Lipinski definition) is 1. The molecule has 2 aromatic rings. The van der Waals surface area contributed by atoms with Crippen LogP contribution in [0.2, 0.25) is 5.02 Å². The van der Waals surface area contributed by atoms with E-state index in [0.29, 0.717) is 22.7 Å². The van der Waals surface area contributed by atoms with Gasteiger partial charge in [0.15, 0.2) is 0 Å². The van der Waals surface area contributed by atoms with Gasteiger partial charge in [0, 0.05) is 34.2 Å². The number of carbonyl (C=O) groups is 1. The van der Waals surface area contributed by atoms with Gasteiger partial charge < -0.3 is 14.7 Å². The van der Waals surface area contributed by atoms with Crippen molar-refractivity contribution in [3.63, 3.8) is 0 Å². The average Bonchev–Trinajstić information content (AvgIpc) is 2.94. The first-order chi connectivity index (χ1) is 12.4. The summed E-state index contributed by atoms with van der Waals surface area (Å²) >= 11 is 10.8. The molecule has 138 valence electrons. The first-order valence-electron chi connectivity index (χ1n) is 8.13. The minimum atomic E-state index is -0.349. The predicted octanol–water partition coefficient (Wildman–Crippen LogP) is 4.78. The van der Waals surface area contributed by atoms with Crippen molar-refractivity contribution in [3.8, 4) is 5.75 Å². The molecule has 0 spiro atoms. The van der Waals surface area contributed by atoms with Crippen molar-refractivity contribution >= 4 is 56.1 Å². The Morgan fingerprint density at radius 3 is 3.04 bits per heavy atom. The Labute approximate surface area is 169 Å². The molecule has 0 saturated carbocycles. The van der Waals surface area contributed by atoms with Crippen LogP contribution in [0.25, 0.3) is 0 Å². The number of hydrogen-bond acceptors (Lipinski definition) is 6. The maximum atomic E-state index is 12.5. The fourth-order valence-corrected chi connectivity index (χ4v) is 4.93. The van der Waals surface area contributed by atoms with Crippen molar-refractivity contribution < 1.29 is 14.6 Å². The fraction of sp³-hybridized carbons (Fsp3) is 0.333. The summed E-state index contributed by atoms with van der Waals surface area (Å²) in [6.07, 6.45) is 2.32. The number of benzene rings is 1. The standard InChI is InChI=1S/C18H18BrClN2O3S/c1-3-25-18(24)15-12-4-5-22(2)9-14(12)26-17(15)21-8-10-6-11(19)7-13(20)16(10)23/h6-8,23H,3-5,9H2,1-2H3. The Bertz CT molecular complexity index is 882. The molecular weight excluding hydrogens is 440 g/mol.